The minimum absolute atomic E-state index is 0.138. The maximum absolute atomic E-state index is 12.2. The van der Waals surface area contributed by atoms with Gasteiger partial charge in [-0.15, -0.1) is 0 Å². The van der Waals surface area contributed by atoms with Crippen molar-refractivity contribution in [3.63, 3.8) is 0 Å². The van der Waals surface area contributed by atoms with Crippen LogP contribution in [-0.2, 0) is 11.2 Å². The van der Waals surface area contributed by atoms with Gasteiger partial charge in [0.1, 0.15) is 5.75 Å². The van der Waals surface area contributed by atoms with Crippen LogP contribution in [0, 0.1) is 6.92 Å². The molecule has 0 unspecified atom stereocenters. The Bertz CT molecular complexity index is 929. The number of hydrogen-bond donors (Lipinski definition) is 2. The molecule has 3 aromatic carbocycles. The summed E-state index contributed by atoms with van der Waals surface area (Å²) in [7, 11) is 0. The zero-order valence-corrected chi connectivity index (χ0v) is 16.5. The second-order valence-electron chi connectivity index (χ2n) is 6.47. The van der Waals surface area contributed by atoms with Crippen molar-refractivity contribution in [1.82, 2.24) is 0 Å². The molecule has 0 radical (unpaired) electrons. The molecule has 0 aliphatic rings. The molecule has 0 aliphatic heterocycles. The predicted molar refractivity (Wildman–Crippen MR) is 115 cm³/mol. The SMILES string of the molecule is Cc1ccc(Cl)cc1NC(=O)CNc1cccc(OCCc2ccccc2)c1. The van der Waals surface area contributed by atoms with Crippen molar-refractivity contribution in [3.8, 4) is 5.75 Å². The Morgan fingerprint density at radius 1 is 1.00 bits per heavy atom. The normalized spacial score (nSPS) is 10.4. The third kappa shape index (κ3) is 6.03. The van der Waals surface area contributed by atoms with Crippen molar-refractivity contribution in [2.24, 2.45) is 0 Å². The van der Waals surface area contributed by atoms with Gasteiger partial charge in [-0.1, -0.05) is 54.1 Å². The number of carbonyl (C=O) groups is 1. The van der Waals surface area contributed by atoms with Gasteiger partial charge < -0.3 is 15.4 Å². The van der Waals surface area contributed by atoms with E-state index in [4.69, 9.17) is 16.3 Å². The standard InChI is InChI=1S/C23H23ClN2O2/c1-17-10-11-19(24)14-22(17)26-23(27)16-25-20-8-5-9-21(15-20)28-13-12-18-6-3-2-4-7-18/h2-11,14-15,25H,12-13,16H2,1H3,(H,26,27). The molecule has 0 fully saturated rings. The number of halogens is 1. The van der Waals surface area contributed by atoms with Gasteiger partial charge in [0, 0.05) is 28.9 Å². The van der Waals surface area contributed by atoms with E-state index in [-0.39, 0.29) is 12.5 Å². The van der Waals surface area contributed by atoms with Crippen LogP contribution in [0.4, 0.5) is 11.4 Å². The van der Waals surface area contributed by atoms with Crippen LogP contribution in [0.5, 0.6) is 5.75 Å². The monoisotopic (exact) mass is 394 g/mol. The van der Waals surface area contributed by atoms with E-state index in [0.29, 0.717) is 11.6 Å². The summed E-state index contributed by atoms with van der Waals surface area (Å²) in [6.07, 6.45) is 0.847. The van der Waals surface area contributed by atoms with E-state index in [0.717, 1.165) is 29.1 Å². The van der Waals surface area contributed by atoms with Gasteiger partial charge in [-0.2, -0.15) is 0 Å². The fourth-order valence-electron chi connectivity index (χ4n) is 2.73. The van der Waals surface area contributed by atoms with Gasteiger partial charge in [0.25, 0.3) is 0 Å². The number of benzene rings is 3. The number of anilines is 2. The maximum Gasteiger partial charge on any atom is 0.243 e. The molecular weight excluding hydrogens is 372 g/mol. The summed E-state index contributed by atoms with van der Waals surface area (Å²) >= 11 is 5.99. The van der Waals surface area contributed by atoms with Gasteiger partial charge in [0.05, 0.1) is 13.2 Å². The molecule has 0 atom stereocenters. The van der Waals surface area contributed by atoms with Gasteiger partial charge in [0.15, 0.2) is 0 Å². The Kier molecular flexibility index (Phi) is 6.93. The first-order chi connectivity index (χ1) is 13.6. The van der Waals surface area contributed by atoms with Crippen molar-refractivity contribution in [2.75, 3.05) is 23.8 Å². The van der Waals surface area contributed by atoms with E-state index >= 15 is 0 Å². The second kappa shape index (κ2) is 9.81. The molecule has 2 N–H and O–H groups in total. The fourth-order valence-corrected chi connectivity index (χ4v) is 2.90. The van der Waals surface area contributed by atoms with Gasteiger partial charge in [-0.05, 0) is 42.3 Å². The predicted octanol–water partition coefficient (Wildman–Crippen LogP) is 5.32. The van der Waals surface area contributed by atoms with E-state index in [2.05, 4.69) is 22.8 Å². The van der Waals surface area contributed by atoms with E-state index in [1.807, 2.05) is 55.5 Å². The quantitative estimate of drug-likeness (QED) is 0.543. The topological polar surface area (TPSA) is 50.4 Å². The summed E-state index contributed by atoms with van der Waals surface area (Å²) in [6.45, 7) is 2.68. The highest BCUT2D eigenvalue weighted by molar-refractivity contribution is 6.31. The Morgan fingerprint density at radius 3 is 2.64 bits per heavy atom. The number of nitrogens with one attached hydrogen (secondary N) is 2. The Labute approximate surface area is 170 Å². The molecule has 28 heavy (non-hydrogen) atoms. The largest absolute Gasteiger partial charge is 0.493 e. The summed E-state index contributed by atoms with van der Waals surface area (Å²) in [5.74, 6) is 0.632. The number of hydrogen-bond acceptors (Lipinski definition) is 3. The summed E-state index contributed by atoms with van der Waals surface area (Å²) in [5.41, 5.74) is 3.75. The lowest BCUT2D eigenvalue weighted by atomic mass is 10.2. The fraction of sp³-hybridized carbons (Fsp3) is 0.174. The van der Waals surface area contributed by atoms with Gasteiger partial charge in [0.2, 0.25) is 5.91 Å². The van der Waals surface area contributed by atoms with E-state index in [1.165, 1.54) is 5.56 Å². The van der Waals surface area contributed by atoms with Crippen molar-refractivity contribution in [1.29, 1.82) is 0 Å². The highest BCUT2D eigenvalue weighted by Gasteiger charge is 2.06. The smallest absolute Gasteiger partial charge is 0.243 e. The molecule has 144 valence electrons. The molecule has 0 heterocycles. The molecule has 0 aromatic heterocycles. The van der Waals surface area contributed by atoms with Crippen molar-refractivity contribution in [2.45, 2.75) is 13.3 Å². The Balaban J connectivity index is 1.48. The highest BCUT2D eigenvalue weighted by atomic mass is 35.5. The van der Waals surface area contributed by atoms with Crippen LogP contribution < -0.4 is 15.4 Å². The number of ether oxygens (including phenoxy) is 1. The summed E-state index contributed by atoms with van der Waals surface area (Å²) in [4.78, 5) is 12.2. The first kappa shape index (κ1) is 19.8. The summed E-state index contributed by atoms with van der Waals surface area (Å²) < 4.78 is 5.83. The number of carbonyl (C=O) groups excluding carboxylic acids is 1. The first-order valence-corrected chi connectivity index (χ1v) is 9.54. The third-order valence-corrected chi connectivity index (χ3v) is 4.50. The molecule has 3 aromatic rings. The van der Waals surface area contributed by atoms with Crippen LogP contribution >= 0.6 is 11.6 Å². The molecule has 0 saturated heterocycles. The Hall–Kier alpha value is -2.98. The number of rotatable bonds is 8. The van der Waals surface area contributed by atoms with E-state index in [9.17, 15) is 4.79 Å². The number of amides is 1. The molecule has 0 saturated carbocycles. The Morgan fingerprint density at radius 2 is 1.82 bits per heavy atom. The molecule has 1 amide bonds. The molecule has 5 heteroatoms. The molecular formula is C23H23ClN2O2. The zero-order valence-electron chi connectivity index (χ0n) is 15.7. The van der Waals surface area contributed by atoms with Gasteiger partial charge in [-0.3, -0.25) is 4.79 Å². The molecule has 3 rings (SSSR count). The van der Waals surface area contributed by atoms with Crippen molar-refractivity contribution < 1.29 is 9.53 Å². The van der Waals surface area contributed by atoms with Crippen LogP contribution in [0.3, 0.4) is 0 Å². The van der Waals surface area contributed by atoms with Crippen LogP contribution in [0.2, 0.25) is 5.02 Å². The third-order valence-electron chi connectivity index (χ3n) is 4.26. The second-order valence-corrected chi connectivity index (χ2v) is 6.91. The van der Waals surface area contributed by atoms with Gasteiger partial charge >= 0.3 is 0 Å². The maximum atomic E-state index is 12.2. The van der Waals surface area contributed by atoms with Crippen molar-refractivity contribution >= 4 is 28.9 Å². The van der Waals surface area contributed by atoms with Crippen LogP contribution in [-0.4, -0.2) is 19.1 Å². The van der Waals surface area contributed by atoms with E-state index < -0.39 is 0 Å². The zero-order chi connectivity index (χ0) is 19.8. The summed E-state index contributed by atoms with van der Waals surface area (Å²) in [6, 6.07) is 23.2. The van der Waals surface area contributed by atoms with Crippen LogP contribution in [0.25, 0.3) is 0 Å². The lowest BCUT2D eigenvalue weighted by Gasteiger charge is -2.11. The molecule has 0 aliphatic carbocycles. The molecule has 4 nitrogen and oxygen atoms in total. The number of aryl methyl sites for hydroxylation is 1. The average molecular weight is 395 g/mol. The van der Waals surface area contributed by atoms with Crippen LogP contribution in [0.1, 0.15) is 11.1 Å². The molecule has 0 bridgehead atoms. The highest BCUT2D eigenvalue weighted by Crippen LogP contribution is 2.20. The van der Waals surface area contributed by atoms with Gasteiger partial charge in [-0.25, -0.2) is 0 Å². The minimum Gasteiger partial charge on any atom is -0.493 e. The lowest BCUT2D eigenvalue weighted by Crippen LogP contribution is -2.22. The molecule has 0 spiro atoms. The minimum atomic E-state index is -0.138. The lowest BCUT2D eigenvalue weighted by molar-refractivity contribution is -0.114. The van der Waals surface area contributed by atoms with E-state index in [1.54, 1.807) is 12.1 Å². The van der Waals surface area contributed by atoms with Crippen LogP contribution in [0.15, 0.2) is 72.8 Å². The average Bonchev–Trinajstić information content (AvgIpc) is 2.70. The first-order valence-electron chi connectivity index (χ1n) is 9.17. The van der Waals surface area contributed by atoms with Crippen molar-refractivity contribution in [3.05, 3.63) is 88.9 Å². The summed E-state index contributed by atoms with van der Waals surface area (Å²) in [5, 5.41) is 6.59.